The molecule has 3 atom stereocenters. The molecule has 3 unspecified atom stereocenters. The van der Waals surface area contributed by atoms with Gasteiger partial charge in [-0.3, -0.25) is 9.59 Å². The fourth-order valence-corrected chi connectivity index (χ4v) is 6.71. The monoisotopic (exact) mass is 660 g/mol. The second-order valence-electron chi connectivity index (χ2n) is 11.1. The Morgan fingerprint density at radius 3 is 2.31 bits per heavy atom. The fourth-order valence-electron chi connectivity index (χ4n) is 5.03. The first-order valence-corrected chi connectivity index (χ1v) is 16.0. The predicted molar refractivity (Wildman–Crippen MR) is 171 cm³/mol. The van der Waals surface area contributed by atoms with Crippen molar-refractivity contribution in [2.24, 2.45) is 0 Å². The Hall–Kier alpha value is -3.68. The van der Waals surface area contributed by atoms with Crippen LogP contribution in [0, 0.1) is 6.92 Å². The molecule has 0 radical (unpaired) electrons. The molecule has 1 fully saturated rings. The van der Waals surface area contributed by atoms with Crippen LogP contribution in [0.1, 0.15) is 30.5 Å². The van der Waals surface area contributed by atoms with Crippen molar-refractivity contribution >= 4 is 47.1 Å². The Balaban J connectivity index is 1.48. The Labute approximate surface area is 268 Å². The second kappa shape index (κ2) is 14.6. The highest BCUT2D eigenvalue weighted by Crippen LogP contribution is 2.40. The van der Waals surface area contributed by atoms with Crippen LogP contribution in [0.15, 0.2) is 83.8 Å². The number of nitrogens with one attached hydrogen (secondary N) is 3. The number of aliphatic hydroxyl groups excluding tert-OH is 1. The van der Waals surface area contributed by atoms with E-state index >= 15 is 0 Å². The number of carbonyl (C=O) groups excluding carboxylic acids is 3. The van der Waals surface area contributed by atoms with Gasteiger partial charge in [0.15, 0.2) is 6.10 Å². The van der Waals surface area contributed by atoms with Crippen molar-refractivity contribution in [3.8, 4) is 0 Å². The van der Waals surface area contributed by atoms with E-state index in [2.05, 4.69) is 16.0 Å². The molecule has 0 saturated carbocycles. The maximum absolute atomic E-state index is 13.8. The lowest BCUT2D eigenvalue weighted by Crippen LogP contribution is -2.59. The number of thioether (sulfide) groups is 2. The van der Waals surface area contributed by atoms with Gasteiger partial charge in [0.25, 0.3) is 5.91 Å². The number of alkyl halides is 3. The molecule has 13 heteroatoms. The highest BCUT2D eigenvalue weighted by Gasteiger charge is 2.49. The van der Waals surface area contributed by atoms with E-state index in [0.717, 1.165) is 16.7 Å². The molecule has 1 aliphatic rings. The smallest absolute Gasteiger partial charge is 0.381 e. The number of aryl methyl sites for hydroxylation is 1. The molecule has 0 spiro atoms. The molecule has 0 aromatic heterocycles. The van der Waals surface area contributed by atoms with Crippen molar-refractivity contribution in [2.45, 2.75) is 67.1 Å². The van der Waals surface area contributed by atoms with Crippen molar-refractivity contribution in [3.63, 3.8) is 0 Å². The maximum atomic E-state index is 13.8. The Morgan fingerprint density at radius 1 is 1.02 bits per heavy atom. The van der Waals surface area contributed by atoms with Crippen LogP contribution in [-0.2, 0) is 22.6 Å². The number of hydrogen-bond acceptors (Lipinski definition) is 6. The molecular formula is C32H35F3N4O4S2. The molecule has 4 N–H and O–H groups in total. The minimum absolute atomic E-state index is 0.0414. The zero-order valence-corrected chi connectivity index (χ0v) is 26.6. The van der Waals surface area contributed by atoms with Gasteiger partial charge < -0.3 is 26.0 Å². The van der Waals surface area contributed by atoms with Gasteiger partial charge in [0.2, 0.25) is 5.91 Å². The Bertz CT molecular complexity index is 1490. The Morgan fingerprint density at radius 2 is 1.67 bits per heavy atom. The second-order valence-corrected chi connectivity index (χ2v) is 13.9. The third-order valence-corrected chi connectivity index (χ3v) is 9.50. The van der Waals surface area contributed by atoms with E-state index in [9.17, 15) is 32.7 Å². The van der Waals surface area contributed by atoms with Crippen LogP contribution in [0.25, 0.3) is 0 Å². The molecule has 3 aromatic rings. The van der Waals surface area contributed by atoms with Crippen molar-refractivity contribution in [2.75, 3.05) is 11.2 Å². The first kappa shape index (κ1) is 34.2. The van der Waals surface area contributed by atoms with Crippen LogP contribution < -0.4 is 16.0 Å². The number of benzene rings is 3. The summed E-state index contributed by atoms with van der Waals surface area (Å²) in [5.41, 5.74) is -1.51. The number of nitrogens with zero attached hydrogens (tertiary/aromatic N) is 1. The highest BCUT2D eigenvalue weighted by molar-refractivity contribution is 8.01. The molecule has 4 rings (SSSR count). The van der Waals surface area contributed by atoms with Crippen LogP contribution in [0.5, 0.6) is 0 Å². The lowest BCUT2D eigenvalue weighted by atomic mass is 9.97. The lowest BCUT2D eigenvalue weighted by Gasteiger charge is -2.33. The van der Waals surface area contributed by atoms with Gasteiger partial charge in [0.05, 0.1) is 11.9 Å². The van der Waals surface area contributed by atoms with E-state index in [0.29, 0.717) is 0 Å². The number of rotatable bonds is 10. The standard InChI is InChI=1S/C32H35F3N4O4S2/c1-20-9-7-8-12-22(20)18-36-28(41)27-31(2,3)44-19-39(27)29(42)26(40)25(17-21-10-5-4-6-11-21)38-30(43)37-23-13-15-24(16-14-23)45-32(33,34)35/h4-16,25-27,40H,17-19H2,1-3H3,(H,36,41)(H2,37,38,43). The number of halogens is 3. The first-order chi connectivity index (χ1) is 21.2. The van der Waals surface area contributed by atoms with Gasteiger partial charge >= 0.3 is 11.5 Å². The van der Waals surface area contributed by atoms with Crippen molar-refractivity contribution in [1.82, 2.24) is 15.5 Å². The third kappa shape index (κ3) is 9.41. The largest absolute Gasteiger partial charge is 0.446 e. The molecule has 240 valence electrons. The summed E-state index contributed by atoms with van der Waals surface area (Å²) in [5, 5.41) is 19.5. The summed E-state index contributed by atoms with van der Waals surface area (Å²) in [6.45, 7) is 5.95. The van der Waals surface area contributed by atoms with Crippen LogP contribution in [0.2, 0.25) is 0 Å². The molecule has 1 saturated heterocycles. The number of carbonyl (C=O) groups is 3. The number of amides is 4. The van der Waals surface area contributed by atoms with Gasteiger partial charge in [-0.15, -0.1) is 11.8 Å². The molecule has 4 amide bonds. The van der Waals surface area contributed by atoms with E-state index in [1.807, 2.05) is 51.1 Å². The van der Waals surface area contributed by atoms with Gasteiger partial charge in [-0.05, 0) is 79.9 Å². The third-order valence-electron chi connectivity index (χ3n) is 7.39. The summed E-state index contributed by atoms with van der Waals surface area (Å²) < 4.78 is 37.3. The van der Waals surface area contributed by atoms with Crippen molar-refractivity contribution in [1.29, 1.82) is 0 Å². The summed E-state index contributed by atoms with van der Waals surface area (Å²) in [6.07, 6.45) is -1.61. The Kier molecular flexibility index (Phi) is 11.1. The zero-order chi connectivity index (χ0) is 32.8. The number of urea groups is 1. The van der Waals surface area contributed by atoms with Crippen molar-refractivity contribution in [3.05, 3.63) is 95.6 Å². The summed E-state index contributed by atoms with van der Waals surface area (Å²) in [4.78, 5) is 41.6. The van der Waals surface area contributed by atoms with Crippen LogP contribution in [0.4, 0.5) is 23.7 Å². The molecule has 1 aliphatic heterocycles. The number of hydrogen-bond donors (Lipinski definition) is 4. The maximum Gasteiger partial charge on any atom is 0.446 e. The van der Waals surface area contributed by atoms with Crippen LogP contribution in [-0.4, -0.2) is 62.2 Å². The highest BCUT2D eigenvalue weighted by atomic mass is 32.2. The minimum Gasteiger partial charge on any atom is -0.381 e. The average Bonchev–Trinajstić information content (AvgIpc) is 3.31. The molecule has 45 heavy (non-hydrogen) atoms. The topological polar surface area (TPSA) is 111 Å². The number of aliphatic hydroxyl groups is 1. The van der Waals surface area contributed by atoms with Crippen molar-refractivity contribution < 1.29 is 32.7 Å². The van der Waals surface area contributed by atoms with E-state index in [4.69, 9.17) is 0 Å². The van der Waals surface area contributed by atoms with Gasteiger partial charge in [0.1, 0.15) is 6.04 Å². The molecule has 3 aromatic carbocycles. The van der Waals surface area contributed by atoms with Crippen LogP contribution >= 0.6 is 23.5 Å². The zero-order valence-electron chi connectivity index (χ0n) is 24.9. The fraction of sp³-hybridized carbons (Fsp3) is 0.344. The van der Waals surface area contributed by atoms with Crippen LogP contribution in [0.3, 0.4) is 0 Å². The van der Waals surface area contributed by atoms with E-state index in [-0.39, 0.29) is 47.1 Å². The predicted octanol–water partition coefficient (Wildman–Crippen LogP) is 5.70. The quantitative estimate of drug-likeness (QED) is 0.208. The molecule has 0 bridgehead atoms. The minimum atomic E-state index is -4.44. The molecule has 8 nitrogen and oxygen atoms in total. The molecule has 1 heterocycles. The SMILES string of the molecule is Cc1ccccc1CNC(=O)C1N(C(=O)C(O)C(Cc2ccccc2)NC(=O)Nc2ccc(SC(F)(F)F)cc2)CSC1(C)C. The summed E-state index contributed by atoms with van der Waals surface area (Å²) in [5.74, 6) is -0.900. The summed E-state index contributed by atoms with van der Waals surface area (Å²) >= 11 is 1.14. The van der Waals surface area contributed by atoms with E-state index in [1.165, 1.54) is 40.9 Å². The summed E-state index contributed by atoms with van der Waals surface area (Å²) in [7, 11) is 0. The average molecular weight is 661 g/mol. The van der Waals surface area contributed by atoms with Gasteiger partial charge in [-0.25, -0.2) is 4.79 Å². The molecule has 0 aliphatic carbocycles. The van der Waals surface area contributed by atoms with E-state index < -0.39 is 40.4 Å². The van der Waals surface area contributed by atoms with Gasteiger partial charge in [0, 0.05) is 21.9 Å². The summed E-state index contributed by atoms with van der Waals surface area (Å²) in [6, 6.07) is 19.0. The normalized spacial score (nSPS) is 17.3. The lowest BCUT2D eigenvalue weighted by molar-refractivity contribution is -0.147. The van der Waals surface area contributed by atoms with Gasteiger partial charge in [-0.1, -0.05) is 54.6 Å². The molecular weight excluding hydrogens is 626 g/mol. The van der Waals surface area contributed by atoms with Gasteiger partial charge in [-0.2, -0.15) is 13.2 Å². The van der Waals surface area contributed by atoms with E-state index in [1.54, 1.807) is 24.3 Å². The first-order valence-electron chi connectivity index (χ1n) is 14.2. The number of anilines is 1.